The number of fused-ring (bicyclic) bond motifs is 2. The zero-order chi connectivity index (χ0) is 19.2. The van der Waals surface area contributed by atoms with E-state index in [1.165, 1.54) is 32.7 Å². The smallest absolute Gasteiger partial charge is 0.119 e. The van der Waals surface area contributed by atoms with Crippen LogP contribution in [0.4, 0.5) is 0 Å². The largest absolute Gasteiger partial charge is 0.697 e. The van der Waals surface area contributed by atoms with Crippen molar-refractivity contribution >= 4 is 29.8 Å². The molecule has 0 atom stereocenters. The van der Waals surface area contributed by atoms with Crippen molar-refractivity contribution < 1.29 is 13.6 Å². The van der Waals surface area contributed by atoms with E-state index in [0.717, 1.165) is 0 Å². The highest BCUT2D eigenvalue weighted by Gasteiger charge is 2.19. The van der Waals surface area contributed by atoms with Crippen LogP contribution in [0.1, 0.15) is 11.1 Å². The molecule has 0 bridgehead atoms. The van der Waals surface area contributed by atoms with Crippen LogP contribution >= 0.6 is 8.25 Å². The molecular formula is C24H22O3P+. The lowest BCUT2D eigenvalue weighted by Crippen LogP contribution is -1.97. The molecule has 140 valence electrons. The maximum atomic E-state index is 12.0. The molecule has 4 rings (SSSR count). The predicted molar refractivity (Wildman–Crippen MR) is 115 cm³/mol. The Morgan fingerprint density at radius 1 is 0.571 bits per heavy atom. The van der Waals surface area contributed by atoms with Crippen molar-refractivity contribution in [1.29, 1.82) is 0 Å². The lowest BCUT2D eigenvalue weighted by molar-refractivity contribution is 0.229. The van der Waals surface area contributed by atoms with Crippen LogP contribution in [0.3, 0.4) is 0 Å². The Bertz CT molecular complexity index is 1020. The molecular weight excluding hydrogens is 367 g/mol. The van der Waals surface area contributed by atoms with Crippen LogP contribution in [0.2, 0.25) is 0 Å². The first-order valence-electron chi connectivity index (χ1n) is 9.46. The first-order chi connectivity index (χ1) is 13.8. The Kier molecular flexibility index (Phi) is 6.08. The minimum Gasteiger partial charge on any atom is -0.119 e. The van der Waals surface area contributed by atoms with Crippen LogP contribution in [0.5, 0.6) is 0 Å². The summed E-state index contributed by atoms with van der Waals surface area (Å²) in [7, 11) is -2.09. The Balaban J connectivity index is 1.21. The normalized spacial score (nSPS) is 11.1. The second-order valence-corrected chi connectivity index (χ2v) is 7.72. The maximum absolute atomic E-state index is 12.0. The molecule has 0 aromatic heterocycles. The van der Waals surface area contributed by atoms with Gasteiger partial charge < -0.3 is 0 Å². The van der Waals surface area contributed by atoms with Crippen LogP contribution < -0.4 is 0 Å². The van der Waals surface area contributed by atoms with Gasteiger partial charge in [-0.2, -0.15) is 0 Å². The molecule has 0 spiro atoms. The number of hydrogen-bond acceptors (Lipinski definition) is 3. The first kappa shape index (κ1) is 18.8. The van der Waals surface area contributed by atoms with Crippen molar-refractivity contribution in [3.63, 3.8) is 0 Å². The third-order valence-corrected chi connectivity index (χ3v) is 5.59. The van der Waals surface area contributed by atoms with E-state index in [1.54, 1.807) is 0 Å². The zero-order valence-electron chi connectivity index (χ0n) is 15.6. The summed E-state index contributed by atoms with van der Waals surface area (Å²) in [4.78, 5) is 0. The molecule has 0 saturated heterocycles. The third kappa shape index (κ3) is 4.82. The van der Waals surface area contributed by atoms with Gasteiger partial charge in [0, 0.05) is 17.4 Å². The Morgan fingerprint density at radius 2 is 1.00 bits per heavy atom. The summed E-state index contributed by atoms with van der Waals surface area (Å²) in [6.07, 6.45) is 1.42. The molecule has 0 amide bonds. The van der Waals surface area contributed by atoms with Gasteiger partial charge in [0.1, 0.15) is 13.2 Å². The second kappa shape index (κ2) is 9.07. The standard InChI is InChI=1S/C24H22O3P/c25-28(26-15-13-19-9-11-21-5-1-3-7-23(21)17-19)27-16-14-20-10-12-22-6-2-4-8-24(22)18-20/h1-12,17-18H,13-16H2/q+1. The van der Waals surface area contributed by atoms with Gasteiger partial charge in [-0.25, -0.2) is 0 Å². The minimum absolute atomic E-state index is 0.378. The van der Waals surface area contributed by atoms with Crippen LogP contribution in [-0.4, -0.2) is 13.2 Å². The molecule has 0 aliphatic rings. The fraction of sp³-hybridized carbons (Fsp3) is 0.167. The average molecular weight is 389 g/mol. The zero-order valence-corrected chi connectivity index (χ0v) is 16.5. The molecule has 4 heteroatoms. The molecule has 0 N–H and O–H groups in total. The van der Waals surface area contributed by atoms with Gasteiger partial charge in [0.05, 0.1) is 0 Å². The second-order valence-electron chi connectivity index (χ2n) is 6.75. The Hall–Kier alpha value is -2.58. The van der Waals surface area contributed by atoms with Gasteiger partial charge in [-0.15, -0.1) is 9.05 Å². The topological polar surface area (TPSA) is 35.5 Å². The lowest BCUT2D eigenvalue weighted by atomic mass is 10.1. The van der Waals surface area contributed by atoms with Gasteiger partial charge >= 0.3 is 8.25 Å². The molecule has 0 aliphatic heterocycles. The minimum atomic E-state index is -2.09. The van der Waals surface area contributed by atoms with E-state index >= 15 is 0 Å². The lowest BCUT2D eigenvalue weighted by Gasteiger charge is -2.02. The van der Waals surface area contributed by atoms with Gasteiger partial charge in [0.25, 0.3) is 0 Å². The van der Waals surface area contributed by atoms with E-state index in [1.807, 2.05) is 24.3 Å². The summed E-state index contributed by atoms with van der Waals surface area (Å²) in [6.45, 7) is 0.757. The molecule has 0 aliphatic carbocycles. The summed E-state index contributed by atoms with van der Waals surface area (Å²) < 4.78 is 22.7. The molecule has 0 saturated carbocycles. The Labute approximate surface area is 165 Å². The first-order valence-corrected chi connectivity index (χ1v) is 10.6. The van der Waals surface area contributed by atoms with E-state index in [0.29, 0.717) is 26.1 Å². The number of rotatable bonds is 8. The van der Waals surface area contributed by atoms with Crippen molar-refractivity contribution in [3.05, 3.63) is 96.1 Å². The van der Waals surface area contributed by atoms with Crippen molar-refractivity contribution in [2.24, 2.45) is 0 Å². The summed E-state index contributed by atoms with van der Waals surface area (Å²) >= 11 is 0. The van der Waals surface area contributed by atoms with E-state index in [-0.39, 0.29) is 0 Å². The summed E-state index contributed by atoms with van der Waals surface area (Å²) in [6, 6.07) is 29.2. The molecule has 0 radical (unpaired) electrons. The van der Waals surface area contributed by atoms with Gasteiger partial charge in [0.2, 0.25) is 0 Å². The maximum Gasteiger partial charge on any atom is 0.697 e. The van der Waals surface area contributed by atoms with Gasteiger partial charge in [-0.3, -0.25) is 0 Å². The van der Waals surface area contributed by atoms with Crippen molar-refractivity contribution in [2.45, 2.75) is 12.8 Å². The fourth-order valence-electron chi connectivity index (χ4n) is 3.30. The monoisotopic (exact) mass is 389 g/mol. The number of benzene rings is 4. The van der Waals surface area contributed by atoms with Crippen molar-refractivity contribution in [2.75, 3.05) is 13.2 Å². The number of hydrogen-bond donors (Lipinski definition) is 0. The van der Waals surface area contributed by atoms with E-state index in [4.69, 9.17) is 9.05 Å². The van der Waals surface area contributed by atoms with Crippen LogP contribution in [0.25, 0.3) is 21.5 Å². The predicted octanol–water partition coefficient (Wildman–Crippen LogP) is 6.47. The van der Waals surface area contributed by atoms with Gasteiger partial charge in [-0.05, 0) is 32.7 Å². The quantitative estimate of drug-likeness (QED) is 0.324. The highest BCUT2D eigenvalue weighted by molar-refractivity contribution is 7.33. The van der Waals surface area contributed by atoms with Gasteiger partial charge in [-0.1, -0.05) is 84.9 Å². The highest BCUT2D eigenvalue weighted by atomic mass is 31.1. The van der Waals surface area contributed by atoms with Crippen molar-refractivity contribution in [1.82, 2.24) is 0 Å². The molecule has 0 heterocycles. The molecule has 4 aromatic carbocycles. The molecule has 0 fully saturated rings. The summed E-state index contributed by atoms with van der Waals surface area (Å²) in [5, 5.41) is 4.84. The van der Waals surface area contributed by atoms with E-state index in [2.05, 4.69) is 60.7 Å². The Morgan fingerprint density at radius 3 is 1.46 bits per heavy atom. The van der Waals surface area contributed by atoms with E-state index in [9.17, 15) is 4.57 Å². The van der Waals surface area contributed by atoms with Crippen molar-refractivity contribution in [3.8, 4) is 0 Å². The van der Waals surface area contributed by atoms with E-state index < -0.39 is 8.25 Å². The fourth-order valence-corrected chi connectivity index (χ4v) is 3.86. The highest BCUT2D eigenvalue weighted by Crippen LogP contribution is 2.25. The third-order valence-electron chi connectivity index (χ3n) is 4.80. The molecule has 0 unspecified atom stereocenters. The molecule has 28 heavy (non-hydrogen) atoms. The van der Waals surface area contributed by atoms with Crippen LogP contribution in [0, 0.1) is 0 Å². The van der Waals surface area contributed by atoms with Crippen LogP contribution in [-0.2, 0) is 26.5 Å². The molecule has 4 aromatic rings. The molecule has 3 nitrogen and oxygen atoms in total. The SMILES string of the molecule is O=[P+](OCCc1ccc2ccccc2c1)OCCc1ccc2ccccc2c1. The van der Waals surface area contributed by atoms with Gasteiger partial charge in [0.15, 0.2) is 0 Å². The van der Waals surface area contributed by atoms with Crippen LogP contribution in [0.15, 0.2) is 84.9 Å². The average Bonchev–Trinajstić information content (AvgIpc) is 2.73. The summed E-state index contributed by atoms with van der Waals surface area (Å²) in [5.41, 5.74) is 2.33. The summed E-state index contributed by atoms with van der Waals surface area (Å²) in [5.74, 6) is 0.